The molecule has 0 radical (unpaired) electrons. The number of aliphatic carboxylic acids is 1. The van der Waals surface area contributed by atoms with E-state index >= 15 is 0 Å². The van der Waals surface area contributed by atoms with Crippen molar-refractivity contribution in [1.82, 2.24) is 15.5 Å². The molecule has 5 N–H and O–H groups in total. The Kier molecular flexibility index (Phi) is 5.76. The third-order valence-corrected chi connectivity index (χ3v) is 2.98. The van der Waals surface area contributed by atoms with Gasteiger partial charge in [0.25, 0.3) is 0 Å². The molecule has 118 valence electrons. The number of carboxylic acids is 1. The quantitative estimate of drug-likeness (QED) is 0.483. The van der Waals surface area contributed by atoms with E-state index in [1.165, 1.54) is 12.0 Å². The number of hydrogen-bond acceptors (Lipinski definition) is 5. The van der Waals surface area contributed by atoms with Crippen LogP contribution in [0, 0.1) is 0 Å². The summed E-state index contributed by atoms with van der Waals surface area (Å²) in [6.07, 6.45) is -0.561. The Morgan fingerprint density at radius 2 is 2.10 bits per heavy atom. The van der Waals surface area contributed by atoms with E-state index in [0.29, 0.717) is 13.0 Å². The van der Waals surface area contributed by atoms with Crippen molar-refractivity contribution in [2.45, 2.75) is 24.9 Å². The van der Waals surface area contributed by atoms with Crippen LogP contribution in [0.25, 0.3) is 0 Å². The molecule has 1 aliphatic heterocycles. The summed E-state index contributed by atoms with van der Waals surface area (Å²) in [4.78, 5) is 46.0. The van der Waals surface area contributed by atoms with Gasteiger partial charge in [0.1, 0.15) is 6.04 Å². The number of alkyl carbamates (subject to hydrolysis) is 1. The van der Waals surface area contributed by atoms with Gasteiger partial charge in [-0.25, -0.2) is 14.4 Å². The van der Waals surface area contributed by atoms with Gasteiger partial charge in [-0.3, -0.25) is 4.79 Å². The number of nitrogens with two attached hydrogens (primary N) is 1. The van der Waals surface area contributed by atoms with Gasteiger partial charge in [-0.15, -0.1) is 0 Å². The van der Waals surface area contributed by atoms with Crippen LogP contribution in [-0.4, -0.2) is 66.3 Å². The van der Waals surface area contributed by atoms with Crippen LogP contribution in [0.1, 0.15) is 12.8 Å². The van der Waals surface area contributed by atoms with Crippen LogP contribution >= 0.6 is 0 Å². The fourth-order valence-electron chi connectivity index (χ4n) is 1.93. The molecule has 1 rings (SSSR count). The van der Waals surface area contributed by atoms with Crippen molar-refractivity contribution in [3.05, 3.63) is 0 Å². The third kappa shape index (κ3) is 5.16. The van der Waals surface area contributed by atoms with Crippen LogP contribution in [0.4, 0.5) is 9.59 Å². The molecule has 1 heterocycles. The largest absolute Gasteiger partial charge is 0.480 e. The summed E-state index contributed by atoms with van der Waals surface area (Å²) >= 11 is 0. The minimum atomic E-state index is -1.37. The van der Waals surface area contributed by atoms with Crippen molar-refractivity contribution in [2.24, 2.45) is 5.73 Å². The van der Waals surface area contributed by atoms with Crippen molar-refractivity contribution in [1.29, 1.82) is 0 Å². The van der Waals surface area contributed by atoms with E-state index in [4.69, 9.17) is 10.8 Å². The van der Waals surface area contributed by atoms with Crippen LogP contribution < -0.4 is 16.4 Å². The van der Waals surface area contributed by atoms with Gasteiger partial charge in [0, 0.05) is 13.1 Å². The molecule has 1 aliphatic rings. The standard InChI is InChI=1S/C11H18N4O6/c1-21-11(20)13-6-2-3-15(5-6)10(19)14-7(9(17)18)4-8(12)16/h6-7H,2-5H2,1H3,(H2,12,16)(H,13,20)(H,14,19)(H,17,18)/t6?,7-/m1/s1. The Hall–Kier alpha value is -2.52. The predicted molar refractivity (Wildman–Crippen MR) is 69.3 cm³/mol. The number of ether oxygens (including phenoxy) is 1. The van der Waals surface area contributed by atoms with E-state index in [9.17, 15) is 19.2 Å². The van der Waals surface area contributed by atoms with Gasteiger partial charge in [0.15, 0.2) is 0 Å². The Balaban J connectivity index is 2.50. The second kappa shape index (κ2) is 7.31. The molecule has 10 heteroatoms. The maximum absolute atomic E-state index is 11.9. The lowest BCUT2D eigenvalue weighted by Gasteiger charge is -2.20. The first-order valence-electron chi connectivity index (χ1n) is 6.24. The molecule has 1 fully saturated rings. The first kappa shape index (κ1) is 16.5. The highest BCUT2D eigenvalue weighted by molar-refractivity contribution is 5.87. The summed E-state index contributed by atoms with van der Waals surface area (Å²) in [7, 11) is 1.23. The van der Waals surface area contributed by atoms with Gasteiger partial charge in [-0.05, 0) is 6.42 Å². The SMILES string of the molecule is COC(=O)NC1CCN(C(=O)N[C@H](CC(N)=O)C(=O)O)C1. The number of urea groups is 1. The monoisotopic (exact) mass is 302 g/mol. The van der Waals surface area contributed by atoms with Gasteiger partial charge in [0.05, 0.1) is 19.6 Å². The fraction of sp³-hybridized carbons (Fsp3) is 0.636. The highest BCUT2D eigenvalue weighted by Crippen LogP contribution is 2.10. The summed E-state index contributed by atoms with van der Waals surface area (Å²) < 4.78 is 4.45. The average Bonchev–Trinajstić information content (AvgIpc) is 2.85. The Morgan fingerprint density at radius 3 is 2.62 bits per heavy atom. The molecule has 0 aromatic heterocycles. The lowest BCUT2D eigenvalue weighted by molar-refractivity contribution is -0.140. The number of carboxylic acid groups (broad SMARTS) is 1. The van der Waals surface area contributed by atoms with Crippen LogP contribution in [0.15, 0.2) is 0 Å². The minimum absolute atomic E-state index is 0.226. The number of rotatable bonds is 5. The molecule has 0 aromatic rings. The summed E-state index contributed by atoms with van der Waals surface area (Å²) in [6, 6.07) is -2.26. The summed E-state index contributed by atoms with van der Waals surface area (Å²) in [5.74, 6) is -2.17. The molecule has 0 bridgehead atoms. The predicted octanol–water partition coefficient (Wildman–Crippen LogP) is -1.55. The van der Waals surface area contributed by atoms with Crippen molar-refractivity contribution >= 4 is 24.0 Å². The summed E-state index contributed by atoms with van der Waals surface area (Å²) in [5.41, 5.74) is 4.92. The molecule has 2 atom stereocenters. The first-order valence-corrected chi connectivity index (χ1v) is 6.24. The molecule has 10 nitrogen and oxygen atoms in total. The number of amides is 4. The molecule has 0 saturated carbocycles. The van der Waals surface area contributed by atoms with E-state index in [1.54, 1.807) is 0 Å². The van der Waals surface area contributed by atoms with Gasteiger partial charge < -0.3 is 31.1 Å². The van der Waals surface area contributed by atoms with E-state index < -0.39 is 36.5 Å². The highest BCUT2D eigenvalue weighted by atomic mass is 16.5. The number of methoxy groups -OCH3 is 1. The number of carbonyl (C=O) groups is 4. The number of primary amides is 1. The second-order valence-corrected chi connectivity index (χ2v) is 4.58. The van der Waals surface area contributed by atoms with Crippen LogP contribution in [-0.2, 0) is 14.3 Å². The van der Waals surface area contributed by atoms with E-state index in [0.717, 1.165) is 0 Å². The number of nitrogens with one attached hydrogen (secondary N) is 2. The van der Waals surface area contributed by atoms with Crippen LogP contribution in [0.2, 0.25) is 0 Å². The van der Waals surface area contributed by atoms with E-state index in [2.05, 4.69) is 15.4 Å². The lowest BCUT2D eigenvalue weighted by Crippen LogP contribution is -2.49. The average molecular weight is 302 g/mol. The Bertz CT molecular complexity index is 440. The van der Waals surface area contributed by atoms with Gasteiger partial charge in [-0.2, -0.15) is 0 Å². The normalized spacial score (nSPS) is 18.7. The molecule has 0 spiro atoms. The van der Waals surface area contributed by atoms with Gasteiger partial charge in [-0.1, -0.05) is 0 Å². The van der Waals surface area contributed by atoms with Crippen molar-refractivity contribution < 1.29 is 29.0 Å². The molecular weight excluding hydrogens is 284 g/mol. The minimum Gasteiger partial charge on any atom is -0.480 e. The van der Waals surface area contributed by atoms with Gasteiger partial charge in [0.2, 0.25) is 5.91 Å². The number of carbonyl (C=O) groups excluding carboxylic acids is 3. The van der Waals surface area contributed by atoms with E-state index in [1.807, 2.05) is 0 Å². The molecule has 0 aromatic carbocycles. The second-order valence-electron chi connectivity index (χ2n) is 4.58. The molecule has 1 unspecified atom stereocenters. The van der Waals surface area contributed by atoms with Crippen LogP contribution in [0.3, 0.4) is 0 Å². The first-order chi connectivity index (χ1) is 9.83. The fourth-order valence-corrected chi connectivity index (χ4v) is 1.93. The maximum atomic E-state index is 11.9. The molecule has 1 saturated heterocycles. The zero-order chi connectivity index (χ0) is 16.0. The van der Waals surface area contributed by atoms with Crippen molar-refractivity contribution in [2.75, 3.05) is 20.2 Å². The molecule has 0 aliphatic carbocycles. The summed E-state index contributed by atoms with van der Waals surface area (Å²) in [6.45, 7) is 0.577. The smallest absolute Gasteiger partial charge is 0.407 e. The number of nitrogens with zero attached hydrogens (tertiary/aromatic N) is 1. The number of likely N-dealkylation sites (tertiary alicyclic amines) is 1. The van der Waals surface area contributed by atoms with E-state index in [-0.39, 0.29) is 12.6 Å². The topological polar surface area (TPSA) is 151 Å². The van der Waals surface area contributed by atoms with Crippen molar-refractivity contribution in [3.63, 3.8) is 0 Å². The Morgan fingerprint density at radius 1 is 1.43 bits per heavy atom. The summed E-state index contributed by atoms with van der Waals surface area (Å²) in [5, 5.41) is 13.7. The molecular formula is C11H18N4O6. The lowest BCUT2D eigenvalue weighted by atomic mass is 10.2. The molecule has 4 amide bonds. The maximum Gasteiger partial charge on any atom is 0.407 e. The van der Waals surface area contributed by atoms with Crippen LogP contribution in [0.5, 0.6) is 0 Å². The number of hydrogen-bond donors (Lipinski definition) is 4. The third-order valence-electron chi connectivity index (χ3n) is 2.98. The highest BCUT2D eigenvalue weighted by Gasteiger charge is 2.30. The zero-order valence-corrected chi connectivity index (χ0v) is 11.5. The zero-order valence-electron chi connectivity index (χ0n) is 11.5. The Labute approximate surface area is 120 Å². The van der Waals surface area contributed by atoms with Gasteiger partial charge >= 0.3 is 18.1 Å². The van der Waals surface area contributed by atoms with Crippen molar-refractivity contribution in [3.8, 4) is 0 Å². The molecule has 21 heavy (non-hydrogen) atoms.